The lowest BCUT2D eigenvalue weighted by Crippen LogP contribution is -2.56. The van der Waals surface area contributed by atoms with Crippen molar-refractivity contribution in [3.05, 3.63) is 29.3 Å². The molecule has 1 aromatic rings. The number of guanidine groups is 1. The van der Waals surface area contributed by atoms with Crippen LogP contribution >= 0.6 is 24.0 Å². The fraction of sp³-hybridized carbons (Fsp3) is 0.650. The van der Waals surface area contributed by atoms with E-state index in [0.717, 1.165) is 56.7 Å². The molecule has 0 amide bonds. The lowest BCUT2D eigenvalue weighted by molar-refractivity contribution is -0.00834. The minimum absolute atomic E-state index is 0. The summed E-state index contributed by atoms with van der Waals surface area (Å²) in [5.41, 5.74) is 2.37. The normalized spacial score (nSPS) is 15.8. The highest BCUT2D eigenvalue weighted by Crippen LogP contribution is 2.17. The van der Waals surface area contributed by atoms with Gasteiger partial charge in [0.25, 0.3) is 0 Å². The van der Waals surface area contributed by atoms with Crippen LogP contribution in [0, 0.1) is 6.92 Å². The van der Waals surface area contributed by atoms with Crippen LogP contribution in [0.1, 0.15) is 31.9 Å². The van der Waals surface area contributed by atoms with E-state index >= 15 is 0 Å². The van der Waals surface area contributed by atoms with Crippen LogP contribution in [0.5, 0.6) is 5.75 Å². The third kappa shape index (κ3) is 7.83. The number of aliphatic imine (C=N–C) groups is 1. The van der Waals surface area contributed by atoms with Gasteiger partial charge in [-0.3, -0.25) is 4.90 Å². The lowest BCUT2D eigenvalue weighted by Gasteiger charge is -2.41. The number of halogens is 1. The Balaban J connectivity index is 0.00000364. The van der Waals surface area contributed by atoms with Crippen LogP contribution in [-0.2, 0) is 11.3 Å². The number of aryl methyl sites for hydroxylation is 1. The number of hydrogen-bond acceptors (Lipinski definition) is 4. The molecule has 1 heterocycles. The van der Waals surface area contributed by atoms with E-state index in [9.17, 15) is 0 Å². The Hall–Kier alpha value is -1.06. The van der Waals surface area contributed by atoms with Gasteiger partial charge in [-0.2, -0.15) is 0 Å². The Bertz CT molecular complexity index is 602. The van der Waals surface area contributed by atoms with Crippen molar-refractivity contribution in [2.75, 3.05) is 46.5 Å². The third-order valence-electron chi connectivity index (χ3n) is 4.67. The van der Waals surface area contributed by atoms with Crippen LogP contribution in [0.2, 0.25) is 0 Å². The molecule has 2 rings (SSSR count). The molecule has 0 saturated carbocycles. The molecule has 0 bridgehead atoms. The van der Waals surface area contributed by atoms with Gasteiger partial charge in [0.05, 0.1) is 26.9 Å². The first-order chi connectivity index (χ1) is 12.4. The van der Waals surface area contributed by atoms with Gasteiger partial charge in [0, 0.05) is 31.7 Å². The molecule has 1 aliphatic heterocycles. The molecular formula is C20H35IN4O2. The molecule has 0 aliphatic carbocycles. The summed E-state index contributed by atoms with van der Waals surface area (Å²) in [5.74, 6) is 1.72. The highest BCUT2D eigenvalue weighted by Gasteiger charge is 2.28. The molecule has 7 heteroatoms. The van der Waals surface area contributed by atoms with Gasteiger partial charge in [0.2, 0.25) is 0 Å². The molecule has 0 radical (unpaired) electrons. The number of benzene rings is 1. The van der Waals surface area contributed by atoms with Crippen LogP contribution in [0.15, 0.2) is 23.2 Å². The molecule has 0 spiro atoms. The fourth-order valence-corrected chi connectivity index (χ4v) is 3.13. The maximum Gasteiger partial charge on any atom is 0.191 e. The van der Waals surface area contributed by atoms with E-state index < -0.39 is 0 Å². The molecule has 2 N–H and O–H groups in total. The number of nitrogens with one attached hydrogen (secondary N) is 2. The molecule has 1 fully saturated rings. The summed E-state index contributed by atoms with van der Waals surface area (Å²) in [5, 5.41) is 6.83. The van der Waals surface area contributed by atoms with Crippen molar-refractivity contribution in [2.45, 2.75) is 39.8 Å². The zero-order valence-corrected chi connectivity index (χ0v) is 19.6. The summed E-state index contributed by atoms with van der Waals surface area (Å²) in [6.45, 7) is 14.5. The first kappa shape index (κ1) is 24.0. The van der Waals surface area contributed by atoms with Crippen molar-refractivity contribution >= 4 is 29.9 Å². The number of morpholine rings is 1. The Morgan fingerprint density at radius 3 is 2.56 bits per heavy atom. The summed E-state index contributed by atoms with van der Waals surface area (Å²) >= 11 is 0. The second-order valence-electron chi connectivity index (χ2n) is 7.32. The molecule has 27 heavy (non-hydrogen) atoms. The van der Waals surface area contributed by atoms with E-state index in [-0.39, 0.29) is 29.5 Å². The summed E-state index contributed by atoms with van der Waals surface area (Å²) < 4.78 is 10.8. The van der Waals surface area contributed by atoms with Gasteiger partial charge in [-0.25, -0.2) is 4.99 Å². The largest absolute Gasteiger partial charge is 0.497 e. The van der Waals surface area contributed by atoms with E-state index in [2.05, 4.69) is 49.3 Å². The SMILES string of the molecule is CCNC(=NCc1cc(C)cc(OC)c1)NCC(C)(C)N1CCOCC1.I. The van der Waals surface area contributed by atoms with Gasteiger partial charge in [-0.15, -0.1) is 24.0 Å². The zero-order valence-electron chi connectivity index (χ0n) is 17.3. The second-order valence-corrected chi connectivity index (χ2v) is 7.32. The topological polar surface area (TPSA) is 58.1 Å². The number of hydrogen-bond donors (Lipinski definition) is 2. The first-order valence-corrected chi connectivity index (χ1v) is 9.44. The van der Waals surface area contributed by atoms with Gasteiger partial charge in [0.1, 0.15) is 5.75 Å². The van der Waals surface area contributed by atoms with Gasteiger partial charge in [-0.05, 0) is 51.0 Å². The minimum atomic E-state index is 0. The Morgan fingerprint density at radius 1 is 1.22 bits per heavy atom. The van der Waals surface area contributed by atoms with Crippen molar-refractivity contribution in [3.63, 3.8) is 0 Å². The Labute approximate surface area is 181 Å². The minimum Gasteiger partial charge on any atom is -0.497 e. The summed E-state index contributed by atoms with van der Waals surface area (Å²) in [6.07, 6.45) is 0. The van der Waals surface area contributed by atoms with Crippen molar-refractivity contribution in [1.82, 2.24) is 15.5 Å². The van der Waals surface area contributed by atoms with E-state index in [0.29, 0.717) is 6.54 Å². The van der Waals surface area contributed by atoms with Crippen LogP contribution < -0.4 is 15.4 Å². The van der Waals surface area contributed by atoms with Crippen LogP contribution in [0.25, 0.3) is 0 Å². The maximum absolute atomic E-state index is 5.47. The predicted molar refractivity (Wildman–Crippen MR) is 122 cm³/mol. The molecule has 1 aromatic carbocycles. The second kappa shape index (κ2) is 11.7. The van der Waals surface area contributed by atoms with E-state index in [1.807, 2.05) is 12.1 Å². The molecule has 6 nitrogen and oxygen atoms in total. The van der Waals surface area contributed by atoms with E-state index in [1.165, 1.54) is 5.56 Å². The Kier molecular flexibility index (Phi) is 10.4. The molecule has 1 aliphatic rings. The molecule has 154 valence electrons. The quantitative estimate of drug-likeness (QED) is 0.350. The van der Waals surface area contributed by atoms with Crippen LogP contribution in [0.3, 0.4) is 0 Å². The van der Waals surface area contributed by atoms with Gasteiger partial charge in [0.15, 0.2) is 5.96 Å². The zero-order chi connectivity index (χ0) is 19.0. The lowest BCUT2D eigenvalue weighted by atomic mass is 10.0. The summed E-state index contributed by atoms with van der Waals surface area (Å²) in [6, 6.07) is 6.21. The summed E-state index contributed by atoms with van der Waals surface area (Å²) in [4.78, 5) is 7.21. The van der Waals surface area contributed by atoms with Crippen molar-refractivity contribution in [3.8, 4) is 5.75 Å². The molecule has 0 unspecified atom stereocenters. The van der Waals surface area contributed by atoms with E-state index in [1.54, 1.807) is 7.11 Å². The smallest absolute Gasteiger partial charge is 0.191 e. The molecule has 0 atom stereocenters. The number of nitrogens with zero attached hydrogens (tertiary/aromatic N) is 2. The van der Waals surface area contributed by atoms with Gasteiger partial charge < -0.3 is 20.1 Å². The third-order valence-corrected chi connectivity index (χ3v) is 4.67. The maximum atomic E-state index is 5.47. The van der Waals surface area contributed by atoms with Crippen molar-refractivity contribution in [1.29, 1.82) is 0 Å². The molecule has 1 saturated heterocycles. The number of ether oxygens (including phenoxy) is 2. The molecule has 0 aromatic heterocycles. The number of methoxy groups -OCH3 is 1. The fourth-order valence-electron chi connectivity index (χ4n) is 3.13. The predicted octanol–water partition coefficient (Wildman–Crippen LogP) is 2.79. The molecular weight excluding hydrogens is 455 g/mol. The Morgan fingerprint density at radius 2 is 1.93 bits per heavy atom. The van der Waals surface area contributed by atoms with E-state index in [4.69, 9.17) is 14.5 Å². The van der Waals surface area contributed by atoms with Crippen LogP contribution in [0.4, 0.5) is 0 Å². The van der Waals surface area contributed by atoms with Crippen molar-refractivity contribution in [2.24, 2.45) is 4.99 Å². The van der Waals surface area contributed by atoms with Gasteiger partial charge >= 0.3 is 0 Å². The van der Waals surface area contributed by atoms with Crippen molar-refractivity contribution < 1.29 is 9.47 Å². The number of rotatable bonds is 7. The average Bonchev–Trinajstić information content (AvgIpc) is 2.64. The summed E-state index contributed by atoms with van der Waals surface area (Å²) in [7, 11) is 1.70. The highest BCUT2D eigenvalue weighted by molar-refractivity contribution is 14.0. The first-order valence-electron chi connectivity index (χ1n) is 9.44. The monoisotopic (exact) mass is 490 g/mol. The highest BCUT2D eigenvalue weighted by atomic mass is 127. The average molecular weight is 490 g/mol. The van der Waals surface area contributed by atoms with Gasteiger partial charge in [-0.1, -0.05) is 6.07 Å². The standard InChI is InChI=1S/C20H34N4O2.HI/c1-6-21-19(22-14-17-11-16(2)12-18(13-17)25-5)23-15-20(3,4)24-7-9-26-10-8-24;/h11-13H,6-10,14-15H2,1-5H3,(H2,21,22,23);1H. The van der Waals surface area contributed by atoms with Crippen LogP contribution in [-0.4, -0.2) is 62.9 Å².